The summed E-state index contributed by atoms with van der Waals surface area (Å²) in [6.07, 6.45) is 12.8. The van der Waals surface area contributed by atoms with Crippen LogP contribution in [-0.4, -0.2) is 22.4 Å². The van der Waals surface area contributed by atoms with Gasteiger partial charge in [-0.25, -0.2) is 0 Å². The first-order valence-electron chi connectivity index (χ1n) is 12.8. The summed E-state index contributed by atoms with van der Waals surface area (Å²) in [4.78, 5) is 0. The van der Waals surface area contributed by atoms with Gasteiger partial charge in [-0.05, 0) is 97.4 Å². The summed E-state index contributed by atoms with van der Waals surface area (Å²) in [6, 6.07) is 0. The molecule has 0 aromatic rings. The molecule has 0 heterocycles. The number of aliphatic hydroxyl groups excluding tert-OH is 2. The molecule has 4 aliphatic carbocycles. The fraction of sp³-hybridized carbons (Fsp3) is 0.926. The Morgan fingerprint density at radius 3 is 2.45 bits per heavy atom. The number of hydrogen-bond acceptors (Lipinski definition) is 2. The van der Waals surface area contributed by atoms with Crippen LogP contribution in [0.4, 0.5) is 0 Å². The van der Waals surface area contributed by atoms with E-state index in [1.54, 1.807) is 5.57 Å². The molecule has 2 nitrogen and oxygen atoms in total. The van der Waals surface area contributed by atoms with E-state index in [0.717, 1.165) is 25.2 Å². The van der Waals surface area contributed by atoms with Crippen LogP contribution in [0.2, 0.25) is 0 Å². The predicted molar refractivity (Wildman–Crippen MR) is 121 cm³/mol. The van der Waals surface area contributed by atoms with Crippen LogP contribution in [0.15, 0.2) is 11.1 Å². The number of aliphatic hydroxyl groups is 2. The highest BCUT2D eigenvalue weighted by Crippen LogP contribution is 2.65. The molecule has 0 amide bonds. The Morgan fingerprint density at radius 1 is 0.966 bits per heavy atom. The number of allylic oxidation sites excluding steroid dienone is 1. The zero-order chi connectivity index (χ0) is 21.0. The van der Waals surface area contributed by atoms with Crippen LogP contribution in [0.3, 0.4) is 0 Å². The van der Waals surface area contributed by atoms with E-state index in [1.807, 2.05) is 0 Å². The quantitative estimate of drug-likeness (QED) is 0.515. The lowest BCUT2D eigenvalue weighted by molar-refractivity contribution is -0.0386. The van der Waals surface area contributed by atoms with E-state index >= 15 is 0 Å². The van der Waals surface area contributed by atoms with Crippen LogP contribution in [-0.2, 0) is 0 Å². The summed E-state index contributed by atoms with van der Waals surface area (Å²) in [6.45, 7) is 12.1. The molecule has 4 aliphatic rings. The molecule has 3 fully saturated rings. The van der Waals surface area contributed by atoms with E-state index in [4.69, 9.17) is 0 Å². The zero-order valence-electron chi connectivity index (χ0n) is 19.7. The number of fused-ring (bicyclic) bond motifs is 4. The summed E-state index contributed by atoms with van der Waals surface area (Å²) in [5, 5.41) is 21.5. The predicted octanol–water partition coefficient (Wildman–Crippen LogP) is 6.50. The van der Waals surface area contributed by atoms with Crippen molar-refractivity contribution < 1.29 is 10.2 Å². The Hall–Kier alpha value is -0.340. The van der Waals surface area contributed by atoms with Gasteiger partial charge in [-0.2, -0.15) is 0 Å². The average molecular weight is 403 g/mol. The average Bonchev–Trinajstić information content (AvgIpc) is 2.93. The third kappa shape index (κ3) is 3.65. The van der Waals surface area contributed by atoms with Crippen molar-refractivity contribution >= 4 is 0 Å². The highest BCUT2D eigenvalue weighted by atomic mass is 16.3. The third-order valence-corrected chi connectivity index (χ3v) is 10.2. The molecule has 0 aromatic carbocycles. The van der Waals surface area contributed by atoms with Gasteiger partial charge in [0.2, 0.25) is 0 Å². The maximum Gasteiger partial charge on any atom is 0.0761 e. The van der Waals surface area contributed by atoms with Crippen molar-refractivity contribution in [1.82, 2.24) is 0 Å². The van der Waals surface area contributed by atoms with Crippen molar-refractivity contribution in [3.05, 3.63) is 11.1 Å². The van der Waals surface area contributed by atoms with Gasteiger partial charge in [-0.1, -0.05) is 59.5 Å². The molecule has 29 heavy (non-hydrogen) atoms. The molecule has 2 heteroatoms. The molecule has 1 unspecified atom stereocenters. The van der Waals surface area contributed by atoms with Gasteiger partial charge in [-0.15, -0.1) is 0 Å². The molecule has 0 saturated heterocycles. The molecule has 166 valence electrons. The first-order chi connectivity index (χ1) is 13.7. The molecule has 0 radical (unpaired) electrons. The molecule has 0 aromatic heterocycles. The fourth-order valence-corrected chi connectivity index (χ4v) is 8.49. The van der Waals surface area contributed by atoms with Crippen molar-refractivity contribution in [2.75, 3.05) is 0 Å². The second-order valence-corrected chi connectivity index (χ2v) is 12.3. The third-order valence-electron chi connectivity index (χ3n) is 10.2. The standard InChI is InChI=1S/C27H46O2/c1-17(2)7-6-8-18(3)23-16-24(29)25-21-10-9-19-15-20(28)11-13-26(19,4)22(21)12-14-27(23,25)5/h17-20,22-24,28-29H,6-16H2,1-5H3/t18-,19+,20?,22+,23-,24+,26+,27-/m1/s1. The smallest absolute Gasteiger partial charge is 0.0761 e. The van der Waals surface area contributed by atoms with Crippen molar-refractivity contribution in [2.45, 2.75) is 117 Å². The summed E-state index contributed by atoms with van der Waals surface area (Å²) in [5.74, 6) is 3.48. The fourth-order valence-electron chi connectivity index (χ4n) is 8.49. The second kappa shape index (κ2) is 7.97. The molecule has 0 bridgehead atoms. The lowest BCUT2D eigenvalue weighted by Crippen LogP contribution is -2.48. The molecular formula is C27H46O2. The van der Waals surface area contributed by atoms with Crippen molar-refractivity contribution in [3.8, 4) is 0 Å². The monoisotopic (exact) mass is 402 g/mol. The minimum Gasteiger partial charge on any atom is -0.393 e. The van der Waals surface area contributed by atoms with Gasteiger partial charge < -0.3 is 10.2 Å². The van der Waals surface area contributed by atoms with E-state index in [2.05, 4.69) is 34.6 Å². The van der Waals surface area contributed by atoms with Gasteiger partial charge >= 0.3 is 0 Å². The maximum absolute atomic E-state index is 11.3. The van der Waals surface area contributed by atoms with E-state index in [-0.39, 0.29) is 17.6 Å². The largest absolute Gasteiger partial charge is 0.393 e. The van der Waals surface area contributed by atoms with Gasteiger partial charge in [0.1, 0.15) is 0 Å². The molecule has 0 spiro atoms. The van der Waals surface area contributed by atoms with Crippen LogP contribution in [0.5, 0.6) is 0 Å². The van der Waals surface area contributed by atoms with E-state index in [9.17, 15) is 10.2 Å². The van der Waals surface area contributed by atoms with Crippen molar-refractivity contribution in [1.29, 1.82) is 0 Å². The number of hydrogen-bond donors (Lipinski definition) is 2. The normalized spacial score (nSPS) is 45.7. The maximum atomic E-state index is 11.3. The molecule has 0 aliphatic heterocycles. The second-order valence-electron chi connectivity index (χ2n) is 12.3. The van der Waals surface area contributed by atoms with Gasteiger partial charge in [-0.3, -0.25) is 0 Å². The van der Waals surface area contributed by atoms with Gasteiger partial charge in [0.25, 0.3) is 0 Å². The Morgan fingerprint density at radius 2 is 1.72 bits per heavy atom. The van der Waals surface area contributed by atoms with Crippen LogP contribution < -0.4 is 0 Å². The van der Waals surface area contributed by atoms with Gasteiger partial charge in [0.15, 0.2) is 0 Å². The number of rotatable bonds is 5. The minimum absolute atomic E-state index is 0.0794. The summed E-state index contributed by atoms with van der Waals surface area (Å²) >= 11 is 0. The van der Waals surface area contributed by atoms with Crippen LogP contribution in [0.25, 0.3) is 0 Å². The lowest BCUT2D eigenvalue weighted by Gasteiger charge is -2.56. The van der Waals surface area contributed by atoms with E-state index in [1.165, 1.54) is 56.9 Å². The first kappa shape index (κ1) is 21.9. The topological polar surface area (TPSA) is 40.5 Å². The summed E-state index contributed by atoms with van der Waals surface area (Å²) in [7, 11) is 0. The molecule has 8 atom stereocenters. The Labute approximate surface area is 179 Å². The summed E-state index contributed by atoms with van der Waals surface area (Å²) in [5.41, 5.74) is 3.72. The van der Waals surface area contributed by atoms with Gasteiger partial charge in [0.05, 0.1) is 12.2 Å². The lowest BCUT2D eigenvalue weighted by atomic mass is 9.48. The minimum atomic E-state index is -0.204. The van der Waals surface area contributed by atoms with Crippen molar-refractivity contribution in [3.63, 3.8) is 0 Å². The molecule has 4 rings (SSSR count). The highest BCUT2D eigenvalue weighted by Gasteiger charge is 2.57. The summed E-state index contributed by atoms with van der Waals surface area (Å²) < 4.78 is 0. The Balaban J connectivity index is 1.58. The molecule has 2 N–H and O–H groups in total. The zero-order valence-corrected chi connectivity index (χ0v) is 19.7. The van der Waals surface area contributed by atoms with Crippen LogP contribution in [0, 0.1) is 40.4 Å². The Kier molecular flexibility index (Phi) is 6.01. The van der Waals surface area contributed by atoms with Crippen LogP contribution in [0.1, 0.15) is 105 Å². The molecular weight excluding hydrogens is 356 g/mol. The van der Waals surface area contributed by atoms with Crippen molar-refractivity contribution in [2.24, 2.45) is 40.4 Å². The van der Waals surface area contributed by atoms with E-state index in [0.29, 0.717) is 29.1 Å². The SMILES string of the molecule is CC(C)CCC[C@@H](C)[C@H]1C[C@H](O)C2=C3CC[C@H]4CC(O)CC[C@]4(C)[C@H]3CC[C@@]21C. The molecule has 3 saturated carbocycles. The van der Waals surface area contributed by atoms with E-state index < -0.39 is 0 Å². The highest BCUT2D eigenvalue weighted by molar-refractivity contribution is 5.37. The Bertz CT molecular complexity index is 636. The van der Waals surface area contributed by atoms with Crippen LogP contribution >= 0.6 is 0 Å². The van der Waals surface area contributed by atoms with Gasteiger partial charge in [0, 0.05) is 0 Å². The first-order valence-corrected chi connectivity index (χ1v) is 12.8.